The minimum atomic E-state index is -0.603. The molecule has 24 heavy (non-hydrogen) atoms. The first kappa shape index (κ1) is 17.4. The van der Waals surface area contributed by atoms with Crippen LogP contribution in [0.5, 0.6) is 0 Å². The summed E-state index contributed by atoms with van der Waals surface area (Å²) >= 11 is 0. The van der Waals surface area contributed by atoms with E-state index < -0.39 is 11.6 Å². The van der Waals surface area contributed by atoms with Gasteiger partial charge in [0.1, 0.15) is 23.5 Å². The first-order chi connectivity index (χ1) is 11.4. The van der Waals surface area contributed by atoms with Crippen LogP contribution >= 0.6 is 0 Å². The summed E-state index contributed by atoms with van der Waals surface area (Å²) in [6.45, 7) is 5.48. The topological polar surface area (TPSA) is 87.9 Å². The Morgan fingerprint density at radius 2 is 1.92 bits per heavy atom. The summed E-state index contributed by atoms with van der Waals surface area (Å²) < 4.78 is 5.49. The van der Waals surface area contributed by atoms with Gasteiger partial charge in [-0.15, -0.1) is 10.2 Å². The third-order valence-electron chi connectivity index (χ3n) is 3.08. The molecular weight excluding hydrogens is 304 g/mol. The molecule has 1 aromatic heterocycles. The number of ether oxygens (including phenoxy) is 1. The van der Waals surface area contributed by atoms with Gasteiger partial charge < -0.3 is 10.1 Å². The molecule has 1 heterocycles. The molecular formula is C18H20N4O2. The van der Waals surface area contributed by atoms with E-state index in [2.05, 4.69) is 15.5 Å². The first-order valence-electron chi connectivity index (χ1n) is 7.64. The minimum absolute atomic E-state index is 0.220. The van der Waals surface area contributed by atoms with Crippen LogP contribution in [-0.4, -0.2) is 27.8 Å². The van der Waals surface area contributed by atoms with Crippen LogP contribution in [0.1, 0.15) is 32.0 Å². The van der Waals surface area contributed by atoms with Crippen molar-refractivity contribution in [3.8, 4) is 6.07 Å². The number of benzene rings is 1. The molecule has 0 bridgehead atoms. The van der Waals surface area contributed by atoms with E-state index >= 15 is 0 Å². The summed E-state index contributed by atoms with van der Waals surface area (Å²) in [4.78, 5) is 12.5. The van der Waals surface area contributed by atoms with Crippen LogP contribution in [-0.2, 0) is 16.0 Å². The second kappa shape index (κ2) is 7.55. The number of carbonyl (C=O) groups is 1. The number of aromatic nitrogens is 2. The molecule has 1 aromatic carbocycles. The third kappa shape index (κ3) is 5.36. The predicted molar refractivity (Wildman–Crippen MR) is 90.1 cm³/mol. The zero-order chi connectivity index (χ0) is 17.6. The van der Waals surface area contributed by atoms with Gasteiger partial charge in [0.15, 0.2) is 5.69 Å². The van der Waals surface area contributed by atoms with Crippen molar-refractivity contribution < 1.29 is 9.53 Å². The highest BCUT2D eigenvalue weighted by Crippen LogP contribution is 2.14. The van der Waals surface area contributed by atoms with Gasteiger partial charge in [-0.05, 0) is 38.5 Å². The fraction of sp³-hybridized carbons (Fsp3) is 0.333. The molecule has 2 rings (SSSR count). The second-order valence-corrected chi connectivity index (χ2v) is 6.34. The predicted octanol–water partition coefficient (Wildman–Crippen LogP) is 2.71. The lowest BCUT2D eigenvalue weighted by Gasteiger charge is -2.24. The van der Waals surface area contributed by atoms with Crippen molar-refractivity contribution in [2.75, 3.05) is 5.32 Å². The quantitative estimate of drug-likeness (QED) is 0.851. The van der Waals surface area contributed by atoms with Crippen LogP contribution in [0.4, 0.5) is 5.82 Å². The number of esters is 1. The molecule has 2 aromatic rings. The van der Waals surface area contributed by atoms with Crippen molar-refractivity contribution in [1.82, 2.24) is 10.2 Å². The number of nitrogens with zero attached hydrogens (tertiary/aromatic N) is 3. The Kier molecular flexibility index (Phi) is 5.48. The van der Waals surface area contributed by atoms with Gasteiger partial charge in [0.25, 0.3) is 0 Å². The molecule has 0 aliphatic heterocycles. The van der Waals surface area contributed by atoms with Crippen molar-refractivity contribution in [1.29, 1.82) is 5.26 Å². The number of carbonyl (C=O) groups excluding carboxylic acids is 1. The first-order valence-corrected chi connectivity index (χ1v) is 7.64. The van der Waals surface area contributed by atoms with Crippen LogP contribution in [0.25, 0.3) is 0 Å². The summed E-state index contributed by atoms with van der Waals surface area (Å²) in [6, 6.07) is 14.1. The van der Waals surface area contributed by atoms with Gasteiger partial charge >= 0.3 is 5.97 Å². The van der Waals surface area contributed by atoms with Gasteiger partial charge in [0.05, 0.1) is 0 Å². The second-order valence-electron chi connectivity index (χ2n) is 6.34. The third-order valence-corrected chi connectivity index (χ3v) is 3.08. The minimum Gasteiger partial charge on any atom is -0.458 e. The Morgan fingerprint density at radius 3 is 2.46 bits per heavy atom. The number of hydrogen-bond acceptors (Lipinski definition) is 6. The Bertz CT molecular complexity index is 715. The van der Waals surface area contributed by atoms with Gasteiger partial charge in [-0.2, -0.15) is 5.26 Å². The zero-order valence-corrected chi connectivity index (χ0v) is 14.0. The van der Waals surface area contributed by atoms with Gasteiger partial charge in [-0.25, -0.2) is 4.79 Å². The molecule has 124 valence electrons. The summed E-state index contributed by atoms with van der Waals surface area (Å²) in [5, 5.41) is 19.5. The number of nitriles is 1. The fourth-order valence-corrected chi connectivity index (χ4v) is 2.06. The monoisotopic (exact) mass is 324 g/mol. The summed E-state index contributed by atoms with van der Waals surface area (Å²) in [7, 11) is 0. The molecule has 0 aliphatic carbocycles. The maximum Gasteiger partial charge on any atom is 0.329 e. The Labute approximate surface area is 141 Å². The molecule has 0 radical (unpaired) electrons. The van der Waals surface area contributed by atoms with E-state index in [0.29, 0.717) is 12.2 Å². The van der Waals surface area contributed by atoms with Crippen LogP contribution in [0.3, 0.4) is 0 Å². The normalized spacial score (nSPS) is 12.1. The van der Waals surface area contributed by atoms with Crippen molar-refractivity contribution in [2.24, 2.45) is 0 Å². The van der Waals surface area contributed by atoms with E-state index in [-0.39, 0.29) is 11.7 Å². The summed E-state index contributed by atoms with van der Waals surface area (Å²) in [5.41, 5.74) is 0.643. The Balaban J connectivity index is 2.17. The van der Waals surface area contributed by atoms with E-state index in [1.54, 1.807) is 12.1 Å². The van der Waals surface area contributed by atoms with Crippen LogP contribution in [0.15, 0.2) is 42.5 Å². The molecule has 0 amide bonds. The maximum atomic E-state index is 12.5. The average Bonchev–Trinajstić information content (AvgIpc) is 2.54. The van der Waals surface area contributed by atoms with Crippen LogP contribution in [0, 0.1) is 11.3 Å². The van der Waals surface area contributed by atoms with E-state index in [1.165, 1.54) is 0 Å². The van der Waals surface area contributed by atoms with E-state index in [9.17, 15) is 4.79 Å². The molecule has 0 fully saturated rings. The fourth-order valence-electron chi connectivity index (χ4n) is 2.06. The number of nitrogens with one attached hydrogen (secondary N) is 1. The van der Waals surface area contributed by atoms with Crippen molar-refractivity contribution >= 4 is 11.8 Å². The highest BCUT2D eigenvalue weighted by atomic mass is 16.6. The average molecular weight is 324 g/mol. The molecule has 6 nitrogen and oxygen atoms in total. The lowest BCUT2D eigenvalue weighted by atomic mass is 10.1. The molecule has 0 saturated heterocycles. The van der Waals surface area contributed by atoms with Crippen molar-refractivity contribution in [2.45, 2.75) is 38.8 Å². The maximum absolute atomic E-state index is 12.5. The largest absolute Gasteiger partial charge is 0.458 e. The number of rotatable bonds is 5. The summed E-state index contributed by atoms with van der Waals surface area (Å²) in [6.07, 6.45) is 0.456. The van der Waals surface area contributed by atoms with Gasteiger partial charge in [-0.1, -0.05) is 30.3 Å². The molecule has 1 atom stereocenters. The smallest absolute Gasteiger partial charge is 0.329 e. The lowest BCUT2D eigenvalue weighted by Crippen LogP contribution is -2.38. The standard InChI is InChI=1S/C18H20N4O2/c1-18(2,3)24-17(23)15(11-13-7-5-4-6-8-13)20-16-10-9-14(12-19)21-22-16/h4-10,15H,11H2,1-3H3,(H,20,22). The van der Waals surface area contributed by atoms with E-state index in [1.807, 2.05) is 57.2 Å². The lowest BCUT2D eigenvalue weighted by molar-refractivity contribution is -0.155. The molecule has 6 heteroatoms. The number of hydrogen-bond donors (Lipinski definition) is 1. The Hall–Kier alpha value is -2.94. The molecule has 0 aliphatic rings. The summed E-state index contributed by atoms with van der Waals surface area (Å²) in [5.74, 6) is 0.0540. The highest BCUT2D eigenvalue weighted by molar-refractivity contribution is 5.79. The van der Waals surface area contributed by atoms with E-state index in [4.69, 9.17) is 10.00 Å². The molecule has 1 N–H and O–H groups in total. The van der Waals surface area contributed by atoms with Gasteiger partial charge in [0, 0.05) is 6.42 Å². The Morgan fingerprint density at radius 1 is 1.21 bits per heavy atom. The molecule has 1 unspecified atom stereocenters. The van der Waals surface area contributed by atoms with Crippen molar-refractivity contribution in [3.05, 3.63) is 53.7 Å². The van der Waals surface area contributed by atoms with Gasteiger partial charge in [-0.3, -0.25) is 0 Å². The zero-order valence-electron chi connectivity index (χ0n) is 14.0. The number of anilines is 1. The van der Waals surface area contributed by atoms with Crippen LogP contribution in [0.2, 0.25) is 0 Å². The molecule has 0 spiro atoms. The SMILES string of the molecule is CC(C)(C)OC(=O)C(Cc1ccccc1)Nc1ccc(C#N)nn1. The molecule has 0 saturated carbocycles. The van der Waals surface area contributed by atoms with Gasteiger partial charge in [0.2, 0.25) is 0 Å². The van der Waals surface area contributed by atoms with Crippen molar-refractivity contribution in [3.63, 3.8) is 0 Å². The highest BCUT2D eigenvalue weighted by Gasteiger charge is 2.26. The van der Waals surface area contributed by atoms with E-state index in [0.717, 1.165) is 5.56 Å². The van der Waals surface area contributed by atoms with Crippen LogP contribution < -0.4 is 5.32 Å².